The van der Waals surface area contributed by atoms with Crippen LogP contribution in [0.4, 0.5) is 10.5 Å². The molecule has 6 heteroatoms. The minimum absolute atomic E-state index is 0.0873. The lowest BCUT2D eigenvalue weighted by Crippen LogP contribution is -2.34. The highest BCUT2D eigenvalue weighted by molar-refractivity contribution is 5.88. The molecule has 1 aromatic carbocycles. The summed E-state index contributed by atoms with van der Waals surface area (Å²) in [5, 5.41) is 12.6. The molecule has 0 atom stereocenters. The number of phenols is 1. The van der Waals surface area contributed by atoms with Gasteiger partial charge < -0.3 is 9.84 Å². The first-order valence-electron chi connectivity index (χ1n) is 7.19. The second kappa shape index (κ2) is 5.81. The van der Waals surface area contributed by atoms with Crippen LogP contribution in [0.25, 0.3) is 0 Å². The first-order valence-corrected chi connectivity index (χ1v) is 7.19. The Balaban J connectivity index is 2.35. The molecular formula is C16H20N2O4. The summed E-state index contributed by atoms with van der Waals surface area (Å²) in [6.45, 7) is 5.26. The van der Waals surface area contributed by atoms with Crippen molar-refractivity contribution in [3.05, 3.63) is 23.8 Å². The van der Waals surface area contributed by atoms with E-state index < -0.39 is 17.2 Å². The van der Waals surface area contributed by atoms with Gasteiger partial charge in [0.25, 0.3) is 0 Å². The monoisotopic (exact) mass is 304 g/mol. The number of hydrogen-bond donors (Lipinski definition) is 2. The average Bonchev–Trinajstić information content (AvgIpc) is 2.34. The Bertz CT molecular complexity index is 624. The highest BCUT2D eigenvalue weighted by atomic mass is 16.6. The van der Waals surface area contributed by atoms with Gasteiger partial charge in [-0.05, 0) is 46.1 Å². The minimum atomic E-state index is -0.717. The van der Waals surface area contributed by atoms with Gasteiger partial charge in [0.05, 0.1) is 5.69 Å². The predicted octanol–water partition coefficient (Wildman–Crippen LogP) is 3.45. The van der Waals surface area contributed by atoms with E-state index in [1.54, 1.807) is 39.0 Å². The molecule has 1 amide bonds. The Morgan fingerprint density at radius 1 is 1.41 bits per heavy atom. The fourth-order valence-electron chi connectivity index (χ4n) is 2.51. The third-order valence-electron chi connectivity index (χ3n) is 3.61. The fourth-order valence-corrected chi connectivity index (χ4v) is 2.51. The molecule has 0 radical (unpaired) electrons. The Labute approximate surface area is 129 Å². The van der Waals surface area contributed by atoms with E-state index in [0.717, 1.165) is 6.42 Å². The second-order valence-electron chi connectivity index (χ2n) is 6.41. The van der Waals surface area contributed by atoms with Crippen LogP contribution in [0, 0.1) is 0 Å². The van der Waals surface area contributed by atoms with E-state index in [4.69, 9.17) is 4.74 Å². The summed E-state index contributed by atoms with van der Waals surface area (Å²) in [5.41, 5.74) is -0.530. The van der Waals surface area contributed by atoms with Crippen molar-refractivity contribution in [2.24, 2.45) is 4.99 Å². The molecule has 0 saturated heterocycles. The number of rotatable bonds is 3. The van der Waals surface area contributed by atoms with Gasteiger partial charge in [-0.15, -0.1) is 0 Å². The van der Waals surface area contributed by atoms with Crippen LogP contribution in [0.3, 0.4) is 0 Å². The molecule has 0 bridgehead atoms. The quantitative estimate of drug-likeness (QED) is 0.508. The number of nitrogens with zero attached hydrogens (tertiary/aromatic N) is 1. The van der Waals surface area contributed by atoms with E-state index in [2.05, 4.69) is 10.3 Å². The lowest BCUT2D eigenvalue weighted by atomic mass is 9.71. The van der Waals surface area contributed by atoms with Crippen molar-refractivity contribution in [3.8, 4) is 5.75 Å². The summed E-state index contributed by atoms with van der Waals surface area (Å²) < 4.78 is 5.21. The van der Waals surface area contributed by atoms with Crippen LogP contribution in [-0.4, -0.2) is 22.9 Å². The molecule has 0 heterocycles. The van der Waals surface area contributed by atoms with Gasteiger partial charge in [-0.1, -0.05) is 12.1 Å². The molecule has 1 aliphatic carbocycles. The zero-order valence-corrected chi connectivity index (χ0v) is 13.0. The molecule has 118 valence electrons. The smallest absolute Gasteiger partial charge is 0.412 e. The first-order chi connectivity index (χ1) is 10.3. The van der Waals surface area contributed by atoms with Crippen LogP contribution in [-0.2, 0) is 15.1 Å². The van der Waals surface area contributed by atoms with Gasteiger partial charge in [-0.3, -0.25) is 5.32 Å². The van der Waals surface area contributed by atoms with Gasteiger partial charge in [0.1, 0.15) is 16.9 Å². The minimum Gasteiger partial charge on any atom is -0.506 e. The van der Waals surface area contributed by atoms with Crippen LogP contribution in [0.15, 0.2) is 23.2 Å². The molecule has 0 aliphatic heterocycles. The molecule has 0 spiro atoms. The van der Waals surface area contributed by atoms with Gasteiger partial charge in [0.2, 0.25) is 6.08 Å². The number of aromatic hydroxyl groups is 1. The highest BCUT2D eigenvalue weighted by Gasteiger charge is 2.41. The van der Waals surface area contributed by atoms with Crippen LogP contribution in [0.2, 0.25) is 0 Å². The van der Waals surface area contributed by atoms with Crippen LogP contribution in [0.1, 0.15) is 45.6 Å². The van der Waals surface area contributed by atoms with Gasteiger partial charge >= 0.3 is 6.09 Å². The van der Waals surface area contributed by atoms with Crippen molar-refractivity contribution in [2.45, 2.75) is 51.2 Å². The number of amides is 1. The number of phenolic OH excluding ortho intramolecular Hbond substituents is 1. The molecule has 0 aromatic heterocycles. The van der Waals surface area contributed by atoms with Crippen molar-refractivity contribution < 1.29 is 19.4 Å². The molecule has 22 heavy (non-hydrogen) atoms. The summed E-state index contributed by atoms with van der Waals surface area (Å²) in [7, 11) is 0. The number of hydrogen-bond acceptors (Lipinski definition) is 5. The Morgan fingerprint density at radius 2 is 2.09 bits per heavy atom. The van der Waals surface area contributed by atoms with E-state index in [1.807, 2.05) is 0 Å². The second-order valence-corrected chi connectivity index (χ2v) is 6.41. The van der Waals surface area contributed by atoms with Crippen molar-refractivity contribution in [1.29, 1.82) is 0 Å². The van der Waals surface area contributed by atoms with Crippen molar-refractivity contribution in [2.75, 3.05) is 5.32 Å². The molecule has 6 nitrogen and oxygen atoms in total. The zero-order valence-electron chi connectivity index (χ0n) is 13.0. The molecule has 1 aliphatic rings. The molecule has 0 unspecified atom stereocenters. The maximum Gasteiger partial charge on any atom is 0.412 e. The molecular weight excluding hydrogens is 284 g/mol. The lowest BCUT2D eigenvalue weighted by molar-refractivity contribution is 0.0635. The fraction of sp³-hybridized carbons (Fsp3) is 0.500. The van der Waals surface area contributed by atoms with E-state index in [-0.39, 0.29) is 11.4 Å². The number of ether oxygens (including phenoxy) is 1. The molecule has 1 fully saturated rings. The number of carbonyl (C=O) groups is 1. The van der Waals surface area contributed by atoms with E-state index in [1.165, 1.54) is 6.07 Å². The average molecular weight is 304 g/mol. The van der Waals surface area contributed by atoms with Crippen molar-refractivity contribution in [1.82, 2.24) is 0 Å². The third-order valence-corrected chi connectivity index (χ3v) is 3.61. The Hall–Kier alpha value is -2.33. The SMILES string of the molecule is CC(C)(C)OC(=O)Nc1c(O)cccc1C1(N=C=O)CCC1. The summed E-state index contributed by atoms with van der Waals surface area (Å²) >= 11 is 0. The first kappa shape index (κ1) is 16.0. The maximum atomic E-state index is 12.0. The van der Waals surface area contributed by atoms with E-state index >= 15 is 0 Å². The van der Waals surface area contributed by atoms with Crippen molar-refractivity contribution in [3.63, 3.8) is 0 Å². The lowest BCUT2D eigenvalue weighted by Gasteiger charge is -2.38. The zero-order chi connectivity index (χ0) is 16.4. The number of isocyanates is 1. The number of para-hydroxylation sites is 1. The molecule has 2 rings (SSSR count). The van der Waals surface area contributed by atoms with Gasteiger partial charge in [0, 0.05) is 5.56 Å². The van der Waals surface area contributed by atoms with E-state index in [9.17, 15) is 14.7 Å². The van der Waals surface area contributed by atoms with Gasteiger partial charge in [-0.25, -0.2) is 9.59 Å². The summed E-state index contributed by atoms with van der Waals surface area (Å²) in [4.78, 5) is 26.6. The van der Waals surface area contributed by atoms with Gasteiger partial charge in [0.15, 0.2) is 0 Å². The number of nitrogens with one attached hydrogen (secondary N) is 1. The normalized spacial score (nSPS) is 16.1. The topological polar surface area (TPSA) is 88.0 Å². The standard InChI is InChI=1S/C16H20N2O4/c1-15(2,3)22-14(21)18-13-11(6-4-7-12(13)20)16(17-10-19)8-5-9-16/h4,6-7,20H,5,8-9H2,1-3H3,(H,18,21). The molecule has 1 aromatic rings. The summed E-state index contributed by atoms with van der Waals surface area (Å²) in [6.07, 6.45) is 3.20. The highest BCUT2D eigenvalue weighted by Crippen LogP contribution is 2.49. The predicted molar refractivity (Wildman–Crippen MR) is 81.6 cm³/mol. The molecule has 2 N–H and O–H groups in total. The van der Waals surface area contributed by atoms with Crippen LogP contribution in [0.5, 0.6) is 5.75 Å². The van der Waals surface area contributed by atoms with Crippen LogP contribution < -0.4 is 5.32 Å². The summed E-state index contributed by atoms with van der Waals surface area (Å²) in [6, 6.07) is 4.87. The van der Waals surface area contributed by atoms with Gasteiger partial charge in [-0.2, -0.15) is 4.99 Å². The largest absolute Gasteiger partial charge is 0.506 e. The third kappa shape index (κ3) is 3.28. The number of anilines is 1. The number of aliphatic imine (C=N–C) groups is 1. The van der Waals surface area contributed by atoms with Crippen molar-refractivity contribution >= 4 is 17.9 Å². The Morgan fingerprint density at radius 3 is 2.59 bits per heavy atom. The number of carbonyl (C=O) groups excluding carboxylic acids is 2. The van der Waals surface area contributed by atoms with Crippen LogP contribution >= 0.6 is 0 Å². The molecule has 1 saturated carbocycles. The summed E-state index contributed by atoms with van der Waals surface area (Å²) in [5.74, 6) is -0.0873. The Kier molecular flexibility index (Phi) is 4.24. The van der Waals surface area contributed by atoms with E-state index in [0.29, 0.717) is 18.4 Å². The number of benzene rings is 1. The maximum absolute atomic E-state index is 12.0.